The molecule has 0 radical (unpaired) electrons. The summed E-state index contributed by atoms with van der Waals surface area (Å²) in [4.78, 5) is 13.1. The van der Waals surface area contributed by atoms with Gasteiger partial charge in [-0.1, -0.05) is 25.1 Å². The van der Waals surface area contributed by atoms with E-state index >= 15 is 0 Å². The van der Waals surface area contributed by atoms with Gasteiger partial charge in [0.1, 0.15) is 6.29 Å². The first-order valence-electron chi connectivity index (χ1n) is 6.60. The molecule has 0 aromatic heterocycles. The molecule has 0 amide bonds. The lowest BCUT2D eigenvalue weighted by molar-refractivity contribution is -0.108. The molecule has 1 aliphatic heterocycles. The van der Waals surface area contributed by atoms with E-state index in [4.69, 9.17) is 0 Å². The summed E-state index contributed by atoms with van der Waals surface area (Å²) in [6.07, 6.45) is 5.57. The monoisotopic (exact) mass is 231 g/mol. The maximum atomic E-state index is 10.7. The van der Waals surface area contributed by atoms with Gasteiger partial charge in [-0.2, -0.15) is 0 Å². The van der Waals surface area contributed by atoms with Gasteiger partial charge in [0.2, 0.25) is 0 Å². The zero-order chi connectivity index (χ0) is 12.1. The lowest BCUT2D eigenvalue weighted by Gasteiger charge is -2.31. The van der Waals surface area contributed by atoms with Crippen LogP contribution in [0.15, 0.2) is 24.3 Å². The number of benzene rings is 1. The highest BCUT2D eigenvalue weighted by molar-refractivity contribution is 5.59. The zero-order valence-corrected chi connectivity index (χ0v) is 10.6. The van der Waals surface area contributed by atoms with Crippen LogP contribution in [0, 0.1) is 0 Å². The summed E-state index contributed by atoms with van der Waals surface area (Å²) in [5, 5.41) is 0. The standard InChI is InChI=1S/C15H21NO/c1-13(9-12-17)14-7-3-4-8-15(14)16-10-5-2-6-11-16/h3-4,7-8,12-13H,2,5-6,9-11H2,1H3. The molecule has 1 aromatic rings. The Balaban J connectivity index is 2.22. The average molecular weight is 231 g/mol. The fraction of sp³-hybridized carbons (Fsp3) is 0.533. The van der Waals surface area contributed by atoms with Crippen molar-refractivity contribution in [2.45, 2.75) is 38.5 Å². The third kappa shape index (κ3) is 2.87. The van der Waals surface area contributed by atoms with E-state index in [9.17, 15) is 4.79 Å². The van der Waals surface area contributed by atoms with E-state index in [1.54, 1.807) is 0 Å². The molecule has 17 heavy (non-hydrogen) atoms. The number of nitrogens with zero attached hydrogens (tertiary/aromatic N) is 1. The molecule has 2 heteroatoms. The van der Waals surface area contributed by atoms with Crippen LogP contribution in [0.2, 0.25) is 0 Å². The van der Waals surface area contributed by atoms with E-state index in [2.05, 4.69) is 36.1 Å². The molecule has 0 spiro atoms. The van der Waals surface area contributed by atoms with Crippen molar-refractivity contribution in [3.63, 3.8) is 0 Å². The van der Waals surface area contributed by atoms with Gasteiger partial charge in [0.25, 0.3) is 0 Å². The first-order valence-corrected chi connectivity index (χ1v) is 6.60. The molecule has 1 unspecified atom stereocenters. The van der Waals surface area contributed by atoms with E-state index in [1.807, 2.05) is 0 Å². The van der Waals surface area contributed by atoms with Gasteiger partial charge in [-0.05, 0) is 36.8 Å². The van der Waals surface area contributed by atoms with Crippen molar-refractivity contribution in [1.82, 2.24) is 0 Å². The molecule has 2 rings (SSSR count). The molecule has 1 aliphatic rings. The van der Waals surface area contributed by atoms with Gasteiger partial charge >= 0.3 is 0 Å². The Morgan fingerprint density at radius 3 is 2.65 bits per heavy atom. The highest BCUT2D eigenvalue weighted by Gasteiger charge is 2.16. The van der Waals surface area contributed by atoms with Crippen molar-refractivity contribution in [2.75, 3.05) is 18.0 Å². The normalized spacial score (nSPS) is 17.8. The predicted octanol–water partition coefficient (Wildman–Crippen LogP) is 3.37. The molecular formula is C15H21NO. The van der Waals surface area contributed by atoms with Crippen LogP contribution in [-0.4, -0.2) is 19.4 Å². The number of anilines is 1. The molecule has 0 saturated carbocycles. The molecule has 1 saturated heterocycles. The number of rotatable bonds is 4. The van der Waals surface area contributed by atoms with E-state index < -0.39 is 0 Å². The maximum absolute atomic E-state index is 10.7. The topological polar surface area (TPSA) is 20.3 Å². The van der Waals surface area contributed by atoms with Crippen LogP contribution in [0.25, 0.3) is 0 Å². The molecule has 1 atom stereocenters. The van der Waals surface area contributed by atoms with Gasteiger partial charge in [0.05, 0.1) is 0 Å². The average Bonchev–Trinajstić information content (AvgIpc) is 2.40. The van der Waals surface area contributed by atoms with E-state index in [-0.39, 0.29) is 0 Å². The second kappa shape index (κ2) is 5.85. The fourth-order valence-electron chi connectivity index (χ4n) is 2.60. The van der Waals surface area contributed by atoms with Crippen molar-refractivity contribution in [1.29, 1.82) is 0 Å². The summed E-state index contributed by atoms with van der Waals surface area (Å²) in [7, 11) is 0. The fourth-order valence-corrected chi connectivity index (χ4v) is 2.60. The minimum absolute atomic E-state index is 0.325. The van der Waals surface area contributed by atoms with Crippen LogP contribution in [0.5, 0.6) is 0 Å². The SMILES string of the molecule is CC(CC=O)c1ccccc1N1CCCCC1. The summed E-state index contributed by atoms with van der Waals surface area (Å²) in [6, 6.07) is 8.53. The van der Waals surface area contributed by atoms with Crippen LogP contribution >= 0.6 is 0 Å². The van der Waals surface area contributed by atoms with Crippen molar-refractivity contribution < 1.29 is 4.79 Å². The van der Waals surface area contributed by atoms with Gasteiger partial charge in [-0.3, -0.25) is 0 Å². The van der Waals surface area contributed by atoms with Crippen LogP contribution in [-0.2, 0) is 4.79 Å². The summed E-state index contributed by atoms with van der Waals surface area (Å²) < 4.78 is 0. The highest BCUT2D eigenvalue weighted by Crippen LogP contribution is 2.30. The Bertz CT molecular complexity index is 369. The molecule has 0 bridgehead atoms. The number of carbonyl (C=O) groups excluding carboxylic acids is 1. The number of hydrogen-bond acceptors (Lipinski definition) is 2. The molecule has 0 aliphatic carbocycles. The van der Waals surface area contributed by atoms with E-state index in [0.717, 1.165) is 19.4 Å². The molecule has 92 valence electrons. The quantitative estimate of drug-likeness (QED) is 0.740. The third-order valence-electron chi connectivity index (χ3n) is 3.61. The highest BCUT2D eigenvalue weighted by atomic mass is 16.1. The van der Waals surface area contributed by atoms with E-state index in [1.165, 1.54) is 30.5 Å². The minimum atomic E-state index is 0.325. The van der Waals surface area contributed by atoms with Crippen LogP contribution in [0.4, 0.5) is 5.69 Å². The van der Waals surface area contributed by atoms with Crippen molar-refractivity contribution in [2.24, 2.45) is 0 Å². The van der Waals surface area contributed by atoms with Crippen molar-refractivity contribution in [3.8, 4) is 0 Å². The number of para-hydroxylation sites is 1. The van der Waals surface area contributed by atoms with Gasteiger partial charge in [0.15, 0.2) is 0 Å². The molecule has 1 heterocycles. The zero-order valence-electron chi connectivity index (χ0n) is 10.6. The third-order valence-corrected chi connectivity index (χ3v) is 3.61. The molecule has 0 N–H and O–H groups in total. The second-order valence-corrected chi connectivity index (χ2v) is 4.91. The van der Waals surface area contributed by atoms with Crippen molar-refractivity contribution >= 4 is 12.0 Å². The number of aldehydes is 1. The van der Waals surface area contributed by atoms with Gasteiger partial charge < -0.3 is 9.69 Å². The van der Waals surface area contributed by atoms with Crippen LogP contribution < -0.4 is 4.90 Å². The number of carbonyl (C=O) groups is 1. The Morgan fingerprint density at radius 2 is 1.94 bits per heavy atom. The first kappa shape index (κ1) is 12.2. The number of hydrogen-bond donors (Lipinski definition) is 0. The Kier molecular flexibility index (Phi) is 4.18. The van der Waals surface area contributed by atoms with Gasteiger partial charge in [-0.15, -0.1) is 0 Å². The Hall–Kier alpha value is -1.31. The van der Waals surface area contributed by atoms with Crippen molar-refractivity contribution in [3.05, 3.63) is 29.8 Å². The molecular weight excluding hydrogens is 210 g/mol. The summed E-state index contributed by atoms with van der Waals surface area (Å²) in [6.45, 7) is 4.45. The smallest absolute Gasteiger partial charge is 0.120 e. The number of piperidine rings is 1. The lowest BCUT2D eigenvalue weighted by Crippen LogP contribution is -2.30. The van der Waals surface area contributed by atoms with Gasteiger partial charge in [-0.25, -0.2) is 0 Å². The first-order chi connectivity index (χ1) is 8.33. The van der Waals surface area contributed by atoms with Gasteiger partial charge in [0, 0.05) is 25.2 Å². The van der Waals surface area contributed by atoms with E-state index in [0.29, 0.717) is 12.3 Å². The summed E-state index contributed by atoms with van der Waals surface area (Å²) in [5.41, 5.74) is 2.66. The second-order valence-electron chi connectivity index (χ2n) is 4.91. The molecule has 1 aromatic carbocycles. The van der Waals surface area contributed by atoms with Crippen LogP contribution in [0.3, 0.4) is 0 Å². The summed E-state index contributed by atoms with van der Waals surface area (Å²) >= 11 is 0. The summed E-state index contributed by atoms with van der Waals surface area (Å²) in [5.74, 6) is 0.325. The predicted molar refractivity (Wildman–Crippen MR) is 71.6 cm³/mol. The molecule has 2 nitrogen and oxygen atoms in total. The minimum Gasteiger partial charge on any atom is -0.371 e. The Labute approximate surface area is 104 Å². The van der Waals surface area contributed by atoms with Crippen LogP contribution in [0.1, 0.15) is 44.1 Å². The largest absolute Gasteiger partial charge is 0.371 e. The Morgan fingerprint density at radius 1 is 1.24 bits per heavy atom. The molecule has 1 fully saturated rings. The maximum Gasteiger partial charge on any atom is 0.120 e. The lowest BCUT2D eigenvalue weighted by atomic mass is 9.95.